The normalized spacial score (nSPS) is 23.0. The van der Waals surface area contributed by atoms with Gasteiger partial charge in [-0.1, -0.05) is 6.92 Å². The number of carbonyl (C=O) groups is 3. The van der Waals surface area contributed by atoms with Gasteiger partial charge in [-0.25, -0.2) is 8.78 Å². The van der Waals surface area contributed by atoms with Gasteiger partial charge in [0.2, 0.25) is 5.91 Å². The summed E-state index contributed by atoms with van der Waals surface area (Å²) in [5, 5.41) is 5.01. The molecule has 0 bridgehead atoms. The topological polar surface area (TPSA) is 78.5 Å². The predicted octanol–water partition coefficient (Wildman–Crippen LogP) is 1.49. The van der Waals surface area contributed by atoms with E-state index in [0.717, 1.165) is 0 Å². The molecule has 24 heavy (non-hydrogen) atoms. The fourth-order valence-electron chi connectivity index (χ4n) is 2.88. The van der Waals surface area contributed by atoms with Crippen molar-refractivity contribution in [3.05, 3.63) is 29.3 Å². The van der Waals surface area contributed by atoms with Crippen molar-refractivity contribution in [1.29, 1.82) is 0 Å². The largest absolute Gasteiger partial charge is 0.343 e. The molecule has 2 aliphatic heterocycles. The van der Waals surface area contributed by atoms with E-state index in [9.17, 15) is 23.2 Å². The fourth-order valence-corrected chi connectivity index (χ4v) is 2.88. The van der Waals surface area contributed by atoms with Gasteiger partial charge < -0.3 is 15.5 Å². The Kier molecular flexibility index (Phi) is 3.98. The molecule has 2 N–H and O–H groups in total. The number of hydrogen-bond acceptors (Lipinski definition) is 3. The Balaban J connectivity index is 1.84. The average molecular weight is 337 g/mol. The molecule has 1 atom stereocenters. The highest BCUT2D eigenvalue weighted by Gasteiger charge is 2.42. The first-order chi connectivity index (χ1) is 11.3. The predicted molar refractivity (Wildman–Crippen MR) is 82.0 cm³/mol. The molecular weight excluding hydrogens is 320 g/mol. The number of nitrogens with one attached hydrogen (secondary N) is 2. The number of likely N-dealkylation sites (tertiary alicyclic amines) is 1. The Morgan fingerprint density at radius 1 is 1.33 bits per heavy atom. The number of nitrogens with zero attached hydrogens (tertiary/aromatic N) is 1. The van der Waals surface area contributed by atoms with E-state index in [1.54, 1.807) is 0 Å². The number of fused-ring (bicyclic) bond motifs is 1. The third kappa shape index (κ3) is 2.95. The summed E-state index contributed by atoms with van der Waals surface area (Å²) in [6.45, 7) is 1.21. The minimum Gasteiger partial charge on any atom is -0.343 e. The summed E-state index contributed by atoms with van der Waals surface area (Å²) in [5.41, 5.74) is 0.758. The zero-order valence-corrected chi connectivity index (χ0v) is 13.1. The van der Waals surface area contributed by atoms with E-state index < -0.39 is 23.7 Å². The van der Waals surface area contributed by atoms with Crippen molar-refractivity contribution in [2.45, 2.75) is 19.3 Å². The third-order valence-corrected chi connectivity index (χ3v) is 4.41. The zero-order chi connectivity index (χ0) is 17.5. The third-order valence-electron chi connectivity index (χ3n) is 4.41. The van der Waals surface area contributed by atoms with E-state index in [1.807, 2.05) is 0 Å². The highest BCUT2D eigenvalue weighted by Crippen LogP contribution is 2.33. The van der Waals surface area contributed by atoms with Crippen LogP contribution in [0.15, 0.2) is 18.2 Å². The molecule has 3 amide bonds. The minimum absolute atomic E-state index is 0.0277. The van der Waals surface area contributed by atoms with E-state index in [1.165, 1.54) is 30.0 Å². The maximum Gasteiger partial charge on any atom is 0.254 e. The molecule has 1 unspecified atom stereocenters. The molecule has 1 saturated heterocycles. The standard InChI is InChI=1S/C16H17F2N3O3/c1-9-8-21(5-4-16(9,17)18)15(24)10-2-3-11-12(6-10)20-13(22)7-19-14(11)23/h2-3,6,9H,4-5,7-8H2,1H3,(H,19,23)(H,20,22). The fraction of sp³-hybridized carbons (Fsp3) is 0.438. The summed E-state index contributed by atoms with van der Waals surface area (Å²) in [7, 11) is 0. The van der Waals surface area contributed by atoms with Gasteiger partial charge in [-0.15, -0.1) is 0 Å². The summed E-state index contributed by atoms with van der Waals surface area (Å²) < 4.78 is 27.1. The average Bonchev–Trinajstić information content (AvgIpc) is 2.68. The van der Waals surface area contributed by atoms with Gasteiger partial charge in [0.15, 0.2) is 0 Å². The molecule has 3 rings (SSSR count). The van der Waals surface area contributed by atoms with Crippen LogP contribution in [-0.4, -0.2) is 48.2 Å². The number of hydrogen-bond donors (Lipinski definition) is 2. The Morgan fingerprint density at radius 3 is 2.79 bits per heavy atom. The van der Waals surface area contributed by atoms with Crippen LogP contribution in [0.5, 0.6) is 0 Å². The lowest BCUT2D eigenvalue weighted by Crippen LogP contribution is -2.48. The van der Waals surface area contributed by atoms with Gasteiger partial charge in [-0.2, -0.15) is 0 Å². The number of amides is 3. The summed E-state index contributed by atoms with van der Waals surface area (Å²) in [5.74, 6) is -4.87. The first kappa shape index (κ1) is 16.4. The number of halogens is 2. The van der Waals surface area contributed by atoms with Crippen molar-refractivity contribution in [1.82, 2.24) is 10.2 Å². The van der Waals surface area contributed by atoms with Crippen LogP contribution in [0.4, 0.5) is 14.5 Å². The Hall–Kier alpha value is -2.51. The van der Waals surface area contributed by atoms with Gasteiger partial charge in [-0.05, 0) is 18.2 Å². The number of benzene rings is 1. The van der Waals surface area contributed by atoms with Crippen molar-refractivity contribution in [3.63, 3.8) is 0 Å². The molecule has 2 aliphatic rings. The van der Waals surface area contributed by atoms with E-state index in [4.69, 9.17) is 0 Å². The Morgan fingerprint density at radius 2 is 2.08 bits per heavy atom. The summed E-state index contributed by atoms with van der Waals surface area (Å²) >= 11 is 0. The monoisotopic (exact) mass is 337 g/mol. The van der Waals surface area contributed by atoms with Crippen LogP contribution in [-0.2, 0) is 4.79 Å². The molecule has 1 aromatic carbocycles. The van der Waals surface area contributed by atoms with Crippen LogP contribution < -0.4 is 10.6 Å². The van der Waals surface area contributed by atoms with E-state index in [2.05, 4.69) is 10.6 Å². The van der Waals surface area contributed by atoms with Crippen molar-refractivity contribution in [3.8, 4) is 0 Å². The quantitative estimate of drug-likeness (QED) is 0.815. The Bertz CT molecular complexity index is 721. The van der Waals surface area contributed by atoms with Gasteiger partial charge in [0.1, 0.15) is 0 Å². The number of piperidine rings is 1. The second-order valence-corrected chi connectivity index (χ2v) is 6.15. The van der Waals surface area contributed by atoms with E-state index in [0.29, 0.717) is 0 Å². The lowest BCUT2D eigenvalue weighted by Gasteiger charge is -2.36. The molecule has 0 spiro atoms. The van der Waals surface area contributed by atoms with Crippen LogP contribution in [0.3, 0.4) is 0 Å². The lowest BCUT2D eigenvalue weighted by atomic mass is 9.95. The van der Waals surface area contributed by atoms with Crippen LogP contribution in [0.25, 0.3) is 0 Å². The highest BCUT2D eigenvalue weighted by atomic mass is 19.3. The van der Waals surface area contributed by atoms with Gasteiger partial charge in [0, 0.05) is 31.0 Å². The molecule has 1 aromatic rings. The zero-order valence-electron chi connectivity index (χ0n) is 13.1. The maximum absolute atomic E-state index is 13.6. The number of anilines is 1. The molecule has 1 fully saturated rings. The van der Waals surface area contributed by atoms with Gasteiger partial charge in [0.05, 0.1) is 17.8 Å². The maximum atomic E-state index is 13.6. The van der Waals surface area contributed by atoms with Crippen molar-refractivity contribution < 1.29 is 23.2 Å². The molecule has 0 aromatic heterocycles. The first-order valence-electron chi connectivity index (χ1n) is 7.67. The second-order valence-electron chi connectivity index (χ2n) is 6.15. The van der Waals surface area contributed by atoms with Crippen LogP contribution in [0, 0.1) is 5.92 Å². The van der Waals surface area contributed by atoms with E-state index in [-0.39, 0.29) is 48.8 Å². The van der Waals surface area contributed by atoms with Gasteiger partial charge in [0.25, 0.3) is 17.7 Å². The minimum atomic E-state index is -2.77. The number of carbonyl (C=O) groups excluding carboxylic acids is 3. The molecule has 8 heteroatoms. The number of alkyl halides is 2. The van der Waals surface area contributed by atoms with E-state index >= 15 is 0 Å². The van der Waals surface area contributed by atoms with Gasteiger partial charge in [-0.3, -0.25) is 14.4 Å². The van der Waals surface area contributed by atoms with Crippen molar-refractivity contribution >= 4 is 23.4 Å². The second kappa shape index (κ2) is 5.85. The summed E-state index contributed by atoms with van der Waals surface area (Å²) in [4.78, 5) is 37.4. The Labute approximate surface area is 137 Å². The lowest BCUT2D eigenvalue weighted by molar-refractivity contribution is -0.115. The molecule has 0 aliphatic carbocycles. The summed E-state index contributed by atoms with van der Waals surface area (Å²) in [6.07, 6.45) is -0.371. The first-order valence-corrected chi connectivity index (χ1v) is 7.67. The van der Waals surface area contributed by atoms with Gasteiger partial charge >= 0.3 is 0 Å². The summed E-state index contributed by atoms with van der Waals surface area (Å²) in [6, 6.07) is 4.33. The van der Waals surface area contributed by atoms with Crippen LogP contribution in [0.2, 0.25) is 0 Å². The van der Waals surface area contributed by atoms with Crippen LogP contribution in [0.1, 0.15) is 34.1 Å². The SMILES string of the molecule is CC1CN(C(=O)c2ccc3c(c2)NC(=O)CNC3=O)CCC1(F)F. The van der Waals surface area contributed by atoms with Crippen LogP contribution >= 0.6 is 0 Å². The molecular formula is C16H17F2N3O3. The van der Waals surface area contributed by atoms with Crippen molar-refractivity contribution in [2.24, 2.45) is 5.92 Å². The molecule has 128 valence electrons. The highest BCUT2D eigenvalue weighted by molar-refractivity contribution is 6.09. The smallest absolute Gasteiger partial charge is 0.254 e. The molecule has 2 heterocycles. The molecule has 0 radical (unpaired) electrons. The number of rotatable bonds is 1. The molecule has 0 saturated carbocycles. The molecule has 6 nitrogen and oxygen atoms in total. The van der Waals surface area contributed by atoms with Crippen molar-refractivity contribution in [2.75, 3.05) is 25.0 Å².